The minimum atomic E-state index is -3.42. The number of nitrogens with two attached hydrogens (primary N) is 1. The highest BCUT2D eigenvalue weighted by molar-refractivity contribution is 7.94. The van der Waals surface area contributed by atoms with Crippen molar-refractivity contribution in [3.63, 3.8) is 0 Å². The summed E-state index contributed by atoms with van der Waals surface area (Å²) >= 11 is 17.8. The number of halogens is 3. The van der Waals surface area contributed by atoms with Gasteiger partial charge in [0.25, 0.3) is 0 Å². The largest absolute Gasteiger partial charge is 0.378 e. The lowest BCUT2D eigenvalue weighted by molar-refractivity contribution is 0.122. The molecule has 0 bridgehead atoms. The van der Waals surface area contributed by atoms with Crippen LogP contribution in [0.5, 0.6) is 0 Å². The van der Waals surface area contributed by atoms with Gasteiger partial charge in [-0.1, -0.05) is 34.8 Å². The number of sulfonamides is 2. The van der Waals surface area contributed by atoms with Crippen LogP contribution in [0.15, 0.2) is 24.3 Å². The molecule has 4 aliphatic rings. The SMILES string of the molecule is CC1(S(=O)(=O)Nc2cc(Cl)cc(N3CCOCC3)n2)CC1.CC1(S(N)(=O)=O)CC1.Clc1cc(Cl)nc(N2CCOCC2)c1. The number of rotatable bonds is 6. The molecule has 4 heterocycles. The molecule has 0 unspecified atom stereocenters. The second kappa shape index (κ2) is 13.8. The van der Waals surface area contributed by atoms with Crippen molar-refractivity contribution in [3.8, 4) is 0 Å². The molecule has 240 valence electrons. The van der Waals surface area contributed by atoms with Gasteiger partial charge in [0.2, 0.25) is 20.0 Å². The van der Waals surface area contributed by atoms with Crippen molar-refractivity contribution < 1.29 is 26.3 Å². The molecule has 43 heavy (non-hydrogen) atoms. The van der Waals surface area contributed by atoms with Gasteiger partial charge < -0.3 is 19.3 Å². The Bertz CT molecular complexity index is 1470. The van der Waals surface area contributed by atoms with Crippen molar-refractivity contribution in [2.45, 2.75) is 49.0 Å². The number of anilines is 3. The molecule has 2 aromatic heterocycles. The third kappa shape index (κ3) is 9.42. The molecule has 2 aromatic rings. The van der Waals surface area contributed by atoms with E-state index in [1.54, 1.807) is 26.0 Å². The fourth-order valence-corrected chi connectivity index (χ4v) is 6.66. The Morgan fingerprint density at radius 2 is 1.19 bits per heavy atom. The number of nitrogens with one attached hydrogen (secondary N) is 1. The first kappa shape index (κ1) is 34.2. The van der Waals surface area contributed by atoms with Crippen LogP contribution in [-0.4, -0.2) is 88.9 Å². The van der Waals surface area contributed by atoms with E-state index in [1.807, 2.05) is 11.0 Å². The van der Waals surface area contributed by atoms with Crippen molar-refractivity contribution >= 4 is 72.3 Å². The molecule has 12 nitrogen and oxygen atoms in total. The van der Waals surface area contributed by atoms with Crippen molar-refractivity contribution in [1.82, 2.24) is 9.97 Å². The monoisotopic (exact) mass is 698 g/mol. The summed E-state index contributed by atoms with van der Waals surface area (Å²) < 4.78 is 57.4. The number of morpholine rings is 2. The second-order valence-electron chi connectivity index (χ2n) is 11.2. The van der Waals surface area contributed by atoms with Gasteiger partial charge in [0, 0.05) is 42.3 Å². The summed E-state index contributed by atoms with van der Waals surface area (Å²) in [6, 6.07) is 6.73. The van der Waals surface area contributed by atoms with Crippen LogP contribution in [0.3, 0.4) is 0 Å². The first-order chi connectivity index (χ1) is 20.1. The van der Waals surface area contributed by atoms with Crippen LogP contribution >= 0.6 is 34.8 Å². The molecule has 3 N–H and O–H groups in total. The van der Waals surface area contributed by atoms with Crippen LogP contribution in [-0.2, 0) is 29.5 Å². The molecular formula is C26H37Cl3N6O6S2. The summed E-state index contributed by atoms with van der Waals surface area (Å²) in [5.74, 6) is 1.77. The van der Waals surface area contributed by atoms with E-state index < -0.39 is 29.5 Å². The summed E-state index contributed by atoms with van der Waals surface area (Å²) in [5.41, 5.74) is 0. The Morgan fingerprint density at radius 1 is 0.744 bits per heavy atom. The lowest BCUT2D eigenvalue weighted by Gasteiger charge is -2.28. The number of hydrogen-bond acceptors (Lipinski definition) is 10. The fourth-order valence-electron chi connectivity index (χ4n) is 4.06. The predicted molar refractivity (Wildman–Crippen MR) is 170 cm³/mol. The number of primary sulfonamides is 1. The minimum absolute atomic E-state index is 0.275. The quantitative estimate of drug-likeness (QED) is 0.424. The number of aromatic nitrogens is 2. The summed E-state index contributed by atoms with van der Waals surface area (Å²) in [6.07, 6.45) is 2.82. The van der Waals surface area contributed by atoms with Crippen LogP contribution in [0.25, 0.3) is 0 Å². The molecule has 0 aromatic carbocycles. The second-order valence-corrected chi connectivity index (χ2v) is 16.8. The highest BCUT2D eigenvalue weighted by Gasteiger charge is 2.50. The smallest absolute Gasteiger partial charge is 0.239 e. The normalized spacial score (nSPS) is 20.6. The lowest BCUT2D eigenvalue weighted by Crippen LogP contribution is -2.37. The van der Waals surface area contributed by atoms with E-state index in [1.165, 1.54) is 6.07 Å². The fraction of sp³-hybridized carbons (Fsp3) is 0.615. The van der Waals surface area contributed by atoms with Gasteiger partial charge in [-0.25, -0.2) is 31.9 Å². The van der Waals surface area contributed by atoms with E-state index in [4.69, 9.17) is 49.4 Å². The van der Waals surface area contributed by atoms with E-state index in [2.05, 4.69) is 19.6 Å². The Balaban J connectivity index is 0.000000165. The molecule has 2 saturated carbocycles. The van der Waals surface area contributed by atoms with Crippen molar-refractivity contribution in [2.24, 2.45) is 5.14 Å². The zero-order chi connectivity index (χ0) is 31.5. The molecule has 2 aliphatic heterocycles. The Kier molecular flexibility index (Phi) is 11.0. The van der Waals surface area contributed by atoms with Gasteiger partial charge in [0.1, 0.15) is 22.6 Å². The van der Waals surface area contributed by atoms with Crippen molar-refractivity contribution in [2.75, 3.05) is 67.1 Å². The highest BCUT2D eigenvalue weighted by Crippen LogP contribution is 2.43. The summed E-state index contributed by atoms with van der Waals surface area (Å²) in [5, 5.41) is 6.36. The molecular weight excluding hydrogens is 663 g/mol. The van der Waals surface area contributed by atoms with Crippen LogP contribution in [0.1, 0.15) is 39.5 Å². The van der Waals surface area contributed by atoms with E-state index in [0.717, 1.165) is 58.1 Å². The van der Waals surface area contributed by atoms with E-state index in [9.17, 15) is 16.8 Å². The Morgan fingerprint density at radius 3 is 1.58 bits per heavy atom. The maximum atomic E-state index is 12.3. The Labute approximate surface area is 268 Å². The molecule has 0 radical (unpaired) electrons. The zero-order valence-electron chi connectivity index (χ0n) is 24.1. The molecule has 2 aliphatic carbocycles. The van der Waals surface area contributed by atoms with Crippen molar-refractivity contribution in [1.29, 1.82) is 0 Å². The topological polar surface area (TPSA) is 157 Å². The van der Waals surface area contributed by atoms with Gasteiger partial charge in [-0.2, -0.15) is 0 Å². The summed E-state index contributed by atoms with van der Waals surface area (Å²) in [4.78, 5) is 12.7. The van der Waals surface area contributed by atoms with Gasteiger partial charge in [-0.3, -0.25) is 4.72 Å². The first-order valence-corrected chi connectivity index (χ1v) is 18.0. The van der Waals surface area contributed by atoms with Crippen LogP contribution < -0.4 is 19.7 Å². The molecule has 0 amide bonds. The average Bonchev–Trinajstić information content (AvgIpc) is 3.87. The number of hydrogen-bond donors (Lipinski definition) is 2. The van der Waals surface area contributed by atoms with Crippen LogP contribution in [0.2, 0.25) is 15.2 Å². The molecule has 17 heteroatoms. The van der Waals surface area contributed by atoms with Gasteiger partial charge >= 0.3 is 0 Å². The van der Waals surface area contributed by atoms with E-state index >= 15 is 0 Å². The summed E-state index contributed by atoms with van der Waals surface area (Å²) in [7, 11) is -6.65. The van der Waals surface area contributed by atoms with E-state index in [-0.39, 0.29) is 5.82 Å². The predicted octanol–water partition coefficient (Wildman–Crippen LogP) is 3.92. The minimum Gasteiger partial charge on any atom is -0.378 e. The third-order valence-corrected chi connectivity index (χ3v) is 12.3. The van der Waals surface area contributed by atoms with Gasteiger partial charge in [-0.15, -0.1) is 0 Å². The maximum Gasteiger partial charge on any atom is 0.239 e. The first-order valence-electron chi connectivity index (χ1n) is 13.8. The standard InChI is InChI=1S/C13H18ClN3O3S.C9H10Cl2N2O.C4H9NO2S/c1-13(2-3-13)21(18,19)16-11-8-10(14)9-12(15-11)17-4-6-20-7-5-17;10-7-5-8(11)12-9(6-7)13-1-3-14-4-2-13;1-4(2-3-4)8(5,6)7/h8-9H,2-7H2,1H3,(H,15,16);5-6H,1-4H2;2-3H2,1H3,(H2,5,6,7). The number of pyridine rings is 2. The molecule has 4 fully saturated rings. The van der Waals surface area contributed by atoms with Gasteiger partial charge in [0.05, 0.1) is 35.9 Å². The van der Waals surface area contributed by atoms with Gasteiger partial charge in [-0.05, 0) is 57.7 Å². The Hall–Kier alpha value is -1.65. The number of nitrogens with zero attached hydrogens (tertiary/aromatic N) is 4. The molecule has 6 rings (SSSR count). The summed E-state index contributed by atoms with van der Waals surface area (Å²) in [6.45, 7) is 9.24. The number of ether oxygens (including phenoxy) is 2. The molecule has 0 spiro atoms. The third-order valence-electron chi connectivity index (χ3n) is 7.67. The van der Waals surface area contributed by atoms with Crippen molar-refractivity contribution in [3.05, 3.63) is 39.5 Å². The average molecular weight is 700 g/mol. The van der Waals surface area contributed by atoms with E-state index in [0.29, 0.717) is 47.1 Å². The molecule has 2 saturated heterocycles. The lowest BCUT2D eigenvalue weighted by atomic mass is 10.3. The van der Waals surface area contributed by atoms with Gasteiger partial charge in [0.15, 0.2) is 0 Å². The maximum absolute atomic E-state index is 12.3. The highest BCUT2D eigenvalue weighted by atomic mass is 35.5. The van der Waals surface area contributed by atoms with Crippen LogP contribution in [0, 0.1) is 0 Å². The zero-order valence-corrected chi connectivity index (χ0v) is 28.0. The molecule has 0 atom stereocenters. The van der Waals surface area contributed by atoms with Crippen LogP contribution in [0.4, 0.5) is 17.5 Å².